The fraction of sp³-hybridized carbons (Fsp3) is 0.424. The van der Waals surface area contributed by atoms with Gasteiger partial charge in [0.05, 0.1) is 0 Å². The minimum Gasteiger partial charge on any atom is -0.352 e. The third-order valence-corrected chi connectivity index (χ3v) is 7.59. The molecule has 0 saturated heterocycles. The number of benzene rings is 2. The van der Waals surface area contributed by atoms with Crippen molar-refractivity contribution in [2.75, 3.05) is 0 Å². The van der Waals surface area contributed by atoms with Crippen LogP contribution in [0.25, 0.3) is 21.8 Å². The van der Waals surface area contributed by atoms with E-state index in [1.807, 2.05) is 13.0 Å². The molecule has 0 saturated carbocycles. The van der Waals surface area contributed by atoms with Crippen molar-refractivity contribution < 1.29 is 24.0 Å². The molecular formula is C33H41N5O5. The van der Waals surface area contributed by atoms with Gasteiger partial charge in [-0.05, 0) is 81.3 Å². The zero-order chi connectivity index (χ0) is 31.5. The molecule has 3 aromatic rings. The molecule has 10 nitrogen and oxygen atoms in total. The molecule has 1 aliphatic heterocycles. The molecule has 3 amide bonds. The van der Waals surface area contributed by atoms with Crippen LogP contribution in [-0.4, -0.2) is 52.3 Å². The predicted molar refractivity (Wildman–Crippen MR) is 166 cm³/mol. The van der Waals surface area contributed by atoms with Crippen LogP contribution in [0.5, 0.6) is 0 Å². The van der Waals surface area contributed by atoms with E-state index in [1.54, 1.807) is 6.92 Å². The molecule has 228 valence electrons. The second kappa shape index (κ2) is 15.6. The standard InChI is InChI=1S/C32H41N5O3.CO2/c1-20(33)9-5-8-12-27-31(39)34-21(2)10-6-7-11-23-13-15-29-25(17-23)26-18-24(14-16-30(26)37(29)4)19-28(32(40)36-27)35-22(3)38;2-1-3/h6-7,13-18,21,27-28,33H,5,8-12,19H2,1-4H3,(H,34,39)(H,35,38)(H,36,40);/t21-,27-,28?;/m1./s1. The van der Waals surface area contributed by atoms with Gasteiger partial charge in [-0.15, -0.1) is 0 Å². The van der Waals surface area contributed by atoms with Crippen LogP contribution in [0.3, 0.4) is 0 Å². The molecule has 0 aliphatic carbocycles. The minimum absolute atomic E-state index is 0.104. The quantitative estimate of drug-likeness (QED) is 0.196. The molecule has 2 aromatic carbocycles. The fourth-order valence-electron chi connectivity index (χ4n) is 5.46. The number of unbranched alkanes of at least 4 members (excludes halogenated alkanes) is 1. The van der Waals surface area contributed by atoms with Crippen molar-refractivity contribution in [2.45, 2.75) is 83.8 Å². The molecule has 0 spiro atoms. The SMILES string of the molecule is CC(=N)CCCC[C@H]1NC(=O)C(NC(C)=O)Cc2ccc3c(c2)c2cc(ccc2n3C)CC=CC[C@@H](C)NC1=O.O=C=O. The highest BCUT2D eigenvalue weighted by molar-refractivity contribution is 6.08. The zero-order valence-corrected chi connectivity index (χ0v) is 25.3. The van der Waals surface area contributed by atoms with Crippen molar-refractivity contribution in [3.05, 3.63) is 59.7 Å². The zero-order valence-electron chi connectivity index (χ0n) is 25.3. The van der Waals surface area contributed by atoms with Gasteiger partial charge >= 0.3 is 6.15 Å². The third-order valence-electron chi connectivity index (χ3n) is 7.59. The molecule has 43 heavy (non-hydrogen) atoms. The van der Waals surface area contributed by atoms with Gasteiger partial charge in [0.1, 0.15) is 12.1 Å². The number of allylic oxidation sites excluding steroid dienone is 1. The Kier molecular flexibility index (Phi) is 12.0. The number of carbonyl (C=O) groups is 3. The van der Waals surface area contributed by atoms with E-state index >= 15 is 0 Å². The average molecular weight is 588 g/mol. The molecule has 10 heteroatoms. The van der Waals surface area contributed by atoms with E-state index in [-0.39, 0.29) is 29.9 Å². The summed E-state index contributed by atoms with van der Waals surface area (Å²) in [6.45, 7) is 5.12. The summed E-state index contributed by atoms with van der Waals surface area (Å²) in [4.78, 5) is 55.1. The molecular weight excluding hydrogens is 546 g/mol. The van der Waals surface area contributed by atoms with Crippen LogP contribution < -0.4 is 16.0 Å². The largest absolute Gasteiger partial charge is 0.373 e. The fourth-order valence-corrected chi connectivity index (χ4v) is 5.46. The lowest BCUT2D eigenvalue weighted by molar-refractivity contribution is -0.191. The number of nitrogens with one attached hydrogen (secondary N) is 4. The number of nitrogens with zero attached hydrogens (tertiary/aromatic N) is 1. The van der Waals surface area contributed by atoms with Gasteiger partial charge in [-0.1, -0.05) is 30.7 Å². The molecule has 4 rings (SSSR count). The van der Waals surface area contributed by atoms with Gasteiger partial charge in [-0.25, -0.2) is 0 Å². The van der Waals surface area contributed by atoms with Gasteiger partial charge in [-0.2, -0.15) is 9.59 Å². The van der Waals surface area contributed by atoms with Crippen molar-refractivity contribution in [3.8, 4) is 0 Å². The Balaban J connectivity index is 0.00000162. The predicted octanol–water partition coefficient (Wildman–Crippen LogP) is 3.89. The van der Waals surface area contributed by atoms with Crippen molar-refractivity contribution >= 4 is 51.4 Å². The molecule has 1 aromatic heterocycles. The van der Waals surface area contributed by atoms with E-state index in [2.05, 4.69) is 70.0 Å². The highest BCUT2D eigenvalue weighted by Crippen LogP contribution is 2.30. The van der Waals surface area contributed by atoms with Crippen LogP contribution in [0.4, 0.5) is 0 Å². The number of aryl methyl sites for hydroxylation is 1. The van der Waals surface area contributed by atoms with Crippen LogP contribution in [0.15, 0.2) is 48.6 Å². The van der Waals surface area contributed by atoms with E-state index < -0.39 is 12.1 Å². The molecule has 1 aliphatic rings. The summed E-state index contributed by atoms with van der Waals surface area (Å²) in [6, 6.07) is 11.0. The van der Waals surface area contributed by atoms with Crippen molar-refractivity contribution in [2.24, 2.45) is 7.05 Å². The van der Waals surface area contributed by atoms with Gasteiger partial charge in [0, 0.05) is 54.0 Å². The molecule has 1 unspecified atom stereocenters. The third kappa shape index (κ3) is 9.21. The lowest BCUT2D eigenvalue weighted by atomic mass is 10.00. The number of aromatic nitrogens is 1. The molecule has 2 heterocycles. The van der Waals surface area contributed by atoms with E-state index in [4.69, 9.17) is 15.0 Å². The molecule has 0 fully saturated rings. The summed E-state index contributed by atoms with van der Waals surface area (Å²) in [6.07, 6.45) is 8.85. The number of fused-ring (bicyclic) bond motifs is 2. The first-order valence-corrected chi connectivity index (χ1v) is 14.6. The van der Waals surface area contributed by atoms with Crippen molar-refractivity contribution in [3.63, 3.8) is 0 Å². The van der Waals surface area contributed by atoms with Crippen LogP contribution in [0.2, 0.25) is 0 Å². The smallest absolute Gasteiger partial charge is 0.352 e. The van der Waals surface area contributed by atoms with E-state index in [1.165, 1.54) is 12.5 Å². The number of rotatable bonds is 6. The van der Waals surface area contributed by atoms with E-state index in [9.17, 15) is 14.4 Å². The van der Waals surface area contributed by atoms with E-state index in [0.29, 0.717) is 37.8 Å². The van der Waals surface area contributed by atoms with Gasteiger partial charge in [-0.3, -0.25) is 14.4 Å². The van der Waals surface area contributed by atoms with E-state index in [0.717, 1.165) is 40.2 Å². The van der Waals surface area contributed by atoms with Crippen molar-refractivity contribution in [1.29, 1.82) is 5.41 Å². The number of hydrogen-bond acceptors (Lipinski definition) is 6. The monoisotopic (exact) mass is 587 g/mol. The van der Waals surface area contributed by atoms with Gasteiger partial charge < -0.3 is 25.9 Å². The number of amides is 3. The molecule has 4 bridgehead atoms. The number of hydrogen-bond donors (Lipinski definition) is 4. The Bertz CT molecular complexity index is 1550. The lowest BCUT2D eigenvalue weighted by Crippen LogP contribution is -2.55. The van der Waals surface area contributed by atoms with Gasteiger partial charge in [0.25, 0.3) is 0 Å². The topological polar surface area (TPSA) is 150 Å². The second-order valence-corrected chi connectivity index (χ2v) is 11.2. The first-order valence-electron chi connectivity index (χ1n) is 14.6. The highest BCUT2D eigenvalue weighted by atomic mass is 16.2. The Labute approximate surface area is 251 Å². The Hall–Kier alpha value is -4.56. The maximum Gasteiger partial charge on any atom is 0.373 e. The summed E-state index contributed by atoms with van der Waals surface area (Å²) in [5.41, 5.74) is 4.98. The minimum atomic E-state index is -0.821. The number of carbonyl (C=O) groups excluding carboxylic acids is 5. The van der Waals surface area contributed by atoms with Crippen LogP contribution in [0.1, 0.15) is 64.0 Å². The maximum absolute atomic E-state index is 13.5. The molecule has 3 atom stereocenters. The van der Waals surface area contributed by atoms with Gasteiger partial charge in [0.2, 0.25) is 17.7 Å². The Morgan fingerprint density at radius 3 is 2.23 bits per heavy atom. The van der Waals surface area contributed by atoms with Crippen LogP contribution in [-0.2, 0) is 43.9 Å². The molecule has 4 N–H and O–H groups in total. The first-order chi connectivity index (χ1) is 20.5. The Morgan fingerprint density at radius 1 is 0.977 bits per heavy atom. The van der Waals surface area contributed by atoms with Crippen molar-refractivity contribution in [1.82, 2.24) is 20.5 Å². The van der Waals surface area contributed by atoms with Crippen LogP contribution in [0, 0.1) is 5.41 Å². The summed E-state index contributed by atoms with van der Waals surface area (Å²) in [7, 11) is 2.06. The first kappa shape index (κ1) is 32.9. The Morgan fingerprint density at radius 2 is 1.60 bits per heavy atom. The lowest BCUT2D eigenvalue weighted by Gasteiger charge is -2.24. The highest BCUT2D eigenvalue weighted by Gasteiger charge is 2.27. The van der Waals surface area contributed by atoms with Gasteiger partial charge in [0.15, 0.2) is 0 Å². The summed E-state index contributed by atoms with van der Waals surface area (Å²) >= 11 is 0. The summed E-state index contributed by atoms with van der Waals surface area (Å²) in [5.74, 6) is -0.919. The normalized spacial score (nSPS) is 19.2. The average Bonchev–Trinajstić information content (AvgIpc) is 3.22. The summed E-state index contributed by atoms with van der Waals surface area (Å²) in [5, 5.41) is 18.7. The molecule has 0 radical (unpaired) electrons. The van der Waals surface area contributed by atoms with Crippen LogP contribution >= 0.6 is 0 Å². The summed E-state index contributed by atoms with van der Waals surface area (Å²) < 4.78 is 2.18. The maximum atomic E-state index is 13.5. The second-order valence-electron chi connectivity index (χ2n) is 11.2.